The van der Waals surface area contributed by atoms with Crippen LogP contribution in [0.5, 0.6) is 0 Å². The molecule has 0 spiro atoms. The van der Waals surface area contributed by atoms with E-state index in [4.69, 9.17) is 4.74 Å². The molecule has 8 heteroatoms. The van der Waals surface area contributed by atoms with E-state index in [0.29, 0.717) is 31.9 Å². The number of carbonyl (C=O) groups excluding carboxylic acids is 2. The SMILES string of the molecule is COCCNC(=O)CCN(CCN1CCCCC1)C(=O)c1cnccn1. The molecule has 26 heavy (non-hydrogen) atoms. The zero-order valence-electron chi connectivity index (χ0n) is 15.5. The normalized spacial score (nSPS) is 14.8. The summed E-state index contributed by atoms with van der Waals surface area (Å²) in [5, 5.41) is 2.78. The Bertz CT molecular complexity index is 549. The van der Waals surface area contributed by atoms with E-state index in [0.717, 1.165) is 19.6 Å². The van der Waals surface area contributed by atoms with E-state index >= 15 is 0 Å². The minimum absolute atomic E-state index is 0.0861. The van der Waals surface area contributed by atoms with Crippen LogP contribution in [0.15, 0.2) is 18.6 Å². The summed E-state index contributed by atoms with van der Waals surface area (Å²) in [6, 6.07) is 0. The third-order valence-electron chi connectivity index (χ3n) is 4.44. The van der Waals surface area contributed by atoms with Gasteiger partial charge >= 0.3 is 0 Å². The summed E-state index contributed by atoms with van der Waals surface area (Å²) in [5.74, 6) is -0.267. The first-order valence-corrected chi connectivity index (χ1v) is 9.24. The highest BCUT2D eigenvalue weighted by molar-refractivity contribution is 5.92. The number of aromatic nitrogens is 2. The van der Waals surface area contributed by atoms with Crippen LogP contribution in [0.1, 0.15) is 36.2 Å². The van der Waals surface area contributed by atoms with Gasteiger partial charge in [-0.05, 0) is 25.9 Å². The Labute approximate surface area is 154 Å². The van der Waals surface area contributed by atoms with Crippen LogP contribution in [0.25, 0.3) is 0 Å². The molecule has 144 valence electrons. The third-order valence-corrected chi connectivity index (χ3v) is 4.44. The summed E-state index contributed by atoms with van der Waals surface area (Å²) < 4.78 is 4.92. The van der Waals surface area contributed by atoms with Crippen LogP contribution < -0.4 is 5.32 Å². The average Bonchev–Trinajstić information content (AvgIpc) is 2.69. The summed E-state index contributed by atoms with van der Waals surface area (Å²) in [7, 11) is 1.59. The van der Waals surface area contributed by atoms with Crippen molar-refractivity contribution in [3.8, 4) is 0 Å². The molecular formula is C18H29N5O3. The maximum absolute atomic E-state index is 12.7. The highest BCUT2D eigenvalue weighted by Gasteiger charge is 2.20. The van der Waals surface area contributed by atoms with Crippen molar-refractivity contribution in [3.05, 3.63) is 24.3 Å². The number of methoxy groups -OCH3 is 1. The van der Waals surface area contributed by atoms with Gasteiger partial charge in [0.05, 0.1) is 12.8 Å². The van der Waals surface area contributed by atoms with E-state index in [1.165, 1.54) is 37.9 Å². The lowest BCUT2D eigenvalue weighted by Gasteiger charge is -2.30. The van der Waals surface area contributed by atoms with Crippen molar-refractivity contribution in [1.82, 2.24) is 25.1 Å². The Kier molecular flexibility index (Phi) is 8.99. The second-order valence-electron chi connectivity index (χ2n) is 6.38. The molecule has 0 unspecified atom stereocenters. The number of rotatable bonds is 10. The lowest BCUT2D eigenvalue weighted by Crippen LogP contribution is -2.42. The van der Waals surface area contributed by atoms with Crippen molar-refractivity contribution in [2.75, 3.05) is 53.0 Å². The molecule has 1 saturated heterocycles. The number of hydrogen-bond acceptors (Lipinski definition) is 6. The van der Waals surface area contributed by atoms with Crippen molar-refractivity contribution in [2.24, 2.45) is 0 Å². The first kappa shape index (κ1) is 20.3. The maximum atomic E-state index is 12.7. The Morgan fingerprint density at radius 1 is 1.23 bits per heavy atom. The highest BCUT2D eigenvalue weighted by atomic mass is 16.5. The molecule has 1 aliphatic heterocycles. The van der Waals surface area contributed by atoms with Crippen LogP contribution >= 0.6 is 0 Å². The van der Waals surface area contributed by atoms with Crippen LogP contribution in [-0.2, 0) is 9.53 Å². The molecule has 8 nitrogen and oxygen atoms in total. The Morgan fingerprint density at radius 2 is 2.04 bits per heavy atom. The molecule has 0 atom stereocenters. The van der Waals surface area contributed by atoms with Gasteiger partial charge in [0.2, 0.25) is 5.91 Å². The summed E-state index contributed by atoms with van der Waals surface area (Å²) in [4.78, 5) is 36.8. The summed E-state index contributed by atoms with van der Waals surface area (Å²) >= 11 is 0. The summed E-state index contributed by atoms with van der Waals surface area (Å²) in [5.41, 5.74) is 0.311. The van der Waals surface area contributed by atoms with Gasteiger partial charge in [0.25, 0.3) is 5.91 Å². The maximum Gasteiger partial charge on any atom is 0.274 e. The number of carbonyl (C=O) groups is 2. The number of nitrogens with zero attached hydrogens (tertiary/aromatic N) is 4. The van der Waals surface area contributed by atoms with Crippen LogP contribution in [0.2, 0.25) is 0 Å². The fourth-order valence-electron chi connectivity index (χ4n) is 2.95. The van der Waals surface area contributed by atoms with Crippen molar-refractivity contribution in [2.45, 2.75) is 25.7 Å². The van der Waals surface area contributed by atoms with Gasteiger partial charge in [-0.3, -0.25) is 14.6 Å². The molecule has 1 aromatic rings. The number of ether oxygens (including phenoxy) is 1. The lowest BCUT2D eigenvalue weighted by molar-refractivity contribution is -0.121. The molecule has 1 aliphatic rings. The van der Waals surface area contributed by atoms with Crippen LogP contribution in [-0.4, -0.2) is 84.6 Å². The fourth-order valence-corrected chi connectivity index (χ4v) is 2.95. The number of likely N-dealkylation sites (tertiary alicyclic amines) is 1. The standard InChI is InChI=1S/C18H29N5O3/c1-26-14-8-21-17(24)5-11-23(13-12-22-9-3-2-4-10-22)18(25)16-15-19-6-7-20-16/h6-7,15H,2-5,8-14H2,1H3,(H,21,24). The molecule has 1 N–H and O–H groups in total. The van der Waals surface area contributed by atoms with Crippen molar-refractivity contribution >= 4 is 11.8 Å². The number of piperidine rings is 1. The molecule has 1 aromatic heterocycles. The van der Waals surface area contributed by atoms with E-state index < -0.39 is 0 Å². The molecule has 2 amide bonds. The van der Waals surface area contributed by atoms with E-state index in [1.54, 1.807) is 12.0 Å². The average molecular weight is 363 g/mol. The molecule has 0 bridgehead atoms. The van der Waals surface area contributed by atoms with Crippen molar-refractivity contribution < 1.29 is 14.3 Å². The van der Waals surface area contributed by atoms with E-state index in [2.05, 4.69) is 20.2 Å². The Hall–Kier alpha value is -2.06. The predicted octanol–water partition coefficient (Wildman–Crippen LogP) is 0.557. The van der Waals surface area contributed by atoms with Gasteiger partial charge < -0.3 is 19.9 Å². The topological polar surface area (TPSA) is 87.7 Å². The number of amides is 2. The summed E-state index contributed by atoms with van der Waals surface area (Å²) in [6.07, 6.45) is 8.47. The van der Waals surface area contributed by atoms with Crippen molar-refractivity contribution in [1.29, 1.82) is 0 Å². The van der Waals surface area contributed by atoms with Gasteiger partial charge in [-0.2, -0.15) is 0 Å². The predicted molar refractivity (Wildman–Crippen MR) is 97.7 cm³/mol. The molecule has 0 aliphatic carbocycles. The van der Waals surface area contributed by atoms with Gasteiger partial charge in [0, 0.05) is 52.1 Å². The Balaban J connectivity index is 1.89. The summed E-state index contributed by atoms with van der Waals surface area (Å²) in [6.45, 7) is 4.86. The minimum Gasteiger partial charge on any atom is -0.383 e. The Morgan fingerprint density at radius 3 is 2.73 bits per heavy atom. The van der Waals surface area contributed by atoms with Gasteiger partial charge in [-0.1, -0.05) is 6.42 Å². The first-order valence-electron chi connectivity index (χ1n) is 9.24. The van der Waals surface area contributed by atoms with E-state index in [1.807, 2.05) is 0 Å². The molecule has 2 heterocycles. The molecule has 0 aromatic carbocycles. The molecule has 0 radical (unpaired) electrons. The molecule has 2 rings (SSSR count). The minimum atomic E-state index is -0.181. The van der Waals surface area contributed by atoms with Gasteiger partial charge in [0.1, 0.15) is 5.69 Å². The fraction of sp³-hybridized carbons (Fsp3) is 0.667. The van der Waals surface area contributed by atoms with Crippen LogP contribution in [0.4, 0.5) is 0 Å². The molecular weight excluding hydrogens is 334 g/mol. The lowest BCUT2D eigenvalue weighted by atomic mass is 10.1. The second-order valence-corrected chi connectivity index (χ2v) is 6.38. The zero-order chi connectivity index (χ0) is 18.6. The number of nitrogens with one attached hydrogen (secondary N) is 1. The van der Waals surface area contributed by atoms with Crippen LogP contribution in [0, 0.1) is 0 Å². The first-order chi connectivity index (χ1) is 12.7. The largest absolute Gasteiger partial charge is 0.383 e. The zero-order valence-corrected chi connectivity index (χ0v) is 15.5. The monoisotopic (exact) mass is 363 g/mol. The smallest absolute Gasteiger partial charge is 0.274 e. The quantitative estimate of drug-likeness (QED) is 0.611. The molecule has 0 saturated carbocycles. The van der Waals surface area contributed by atoms with Gasteiger partial charge in [0.15, 0.2) is 0 Å². The van der Waals surface area contributed by atoms with E-state index in [9.17, 15) is 9.59 Å². The molecule has 1 fully saturated rings. The number of hydrogen-bond donors (Lipinski definition) is 1. The second kappa shape index (κ2) is 11.5. The van der Waals surface area contributed by atoms with Crippen molar-refractivity contribution in [3.63, 3.8) is 0 Å². The van der Waals surface area contributed by atoms with Crippen LogP contribution in [0.3, 0.4) is 0 Å². The third kappa shape index (κ3) is 7.05. The highest BCUT2D eigenvalue weighted by Crippen LogP contribution is 2.09. The van der Waals surface area contributed by atoms with E-state index in [-0.39, 0.29) is 18.2 Å². The van der Waals surface area contributed by atoms with Gasteiger partial charge in [-0.25, -0.2) is 4.98 Å². The van der Waals surface area contributed by atoms with Gasteiger partial charge in [-0.15, -0.1) is 0 Å².